The van der Waals surface area contributed by atoms with Crippen molar-refractivity contribution in [2.24, 2.45) is 5.73 Å². The largest absolute Gasteiger partial charge is 0.361 e. The van der Waals surface area contributed by atoms with E-state index in [0.717, 1.165) is 22.6 Å². The molecule has 2 aromatic rings. The highest BCUT2D eigenvalue weighted by Gasteiger charge is 2.15. The van der Waals surface area contributed by atoms with Gasteiger partial charge in [0.2, 0.25) is 5.91 Å². The van der Waals surface area contributed by atoms with E-state index in [9.17, 15) is 4.79 Å². The highest BCUT2D eigenvalue weighted by atomic mass is 16.5. The van der Waals surface area contributed by atoms with Crippen molar-refractivity contribution < 1.29 is 9.32 Å². The molecule has 0 aliphatic rings. The summed E-state index contributed by atoms with van der Waals surface area (Å²) in [5, 5.41) is 6.67. The smallest absolute Gasteiger partial charge is 0.237 e. The molecule has 1 amide bonds. The maximum absolute atomic E-state index is 12.0. The lowest BCUT2D eigenvalue weighted by atomic mass is 10.1. The third-order valence-corrected chi connectivity index (χ3v) is 3.26. The molecule has 0 saturated heterocycles. The number of nitrogens with one attached hydrogen (secondary N) is 1. The van der Waals surface area contributed by atoms with Crippen LogP contribution in [0.2, 0.25) is 0 Å². The summed E-state index contributed by atoms with van der Waals surface area (Å²) in [7, 11) is 0. The number of hydrogen-bond donors (Lipinski definition) is 2. The zero-order valence-electron chi connectivity index (χ0n) is 11.7. The Labute approximate surface area is 118 Å². The first kappa shape index (κ1) is 14.3. The fraction of sp³-hybridized carbons (Fsp3) is 0.333. The van der Waals surface area contributed by atoms with E-state index in [4.69, 9.17) is 10.3 Å². The average molecular weight is 273 g/mol. The van der Waals surface area contributed by atoms with Gasteiger partial charge in [0.25, 0.3) is 0 Å². The third kappa shape index (κ3) is 3.45. The van der Waals surface area contributed by atoms with Gasteiger partial charge in [-0.05, 0) is 25.8 Å². The molecular formula is C15H19N3O2. The second kappa shape index (κ2) is 6.34. The van der Waals surface area contributed by atoms with E-state index in [2.05, 4.69) is 10.5 Å². The van der Waals surface area contributed by atoms with E-state index in [1.807, 2.05) is 44.2 Å². The van der Waals surface area contributed by atoms with Crippen LogP contribution < -0.4 is 11.1 Å². The number of rotatable bonds is 5. The first-order valence-corrected chi connectivity index (χ1v) is 6.57. The molecule has 0 saturated carbocycles. The molecule has 0 aliphatic heterocycles. The van der Waals surface area contributed by atoms with E-state index >= 15 is 0 Å². The minimum Gasteiger partial charge on any atom is -0.361 e. The van der Waals surface area contributed by atoms with E-state index < -0.39 is 6.04 Å². The standard InChI is InChI=1S/C15H19N3O2/c1-10-13(11(2)20-18-10)9-17-15(19)14(16)8-12-6-4-3-5-7-12/h3-7,14H,8-9,16H2,1-2H3,(H,17,19). The molecule has 1 aromatic carbocycles. The minimum atomic E-state index is -0.558. The Morgan fingerprint density at radius 3 is 2.65 bits per heavy atom. The van der Waals surface area contributed by atoms with Crippen molar-refractivity contribution in [1.29, 1.82) is 0 Å². The van der Waals surface area contributed by atoms with Crippen molar-refractivity contribution in [3.8, 4) is 0 Å². The number of nitrogens with zero attached hydrogens (tertiary/aromatic N) is 1. The number of hydrogen-bond acceptors (Lipinski definition) is 4. The molecule has 0 fully saturated rings. The summed E-state index contributed by atoms with van der Waals surface area (Å²) < 4.78 is 5.05. The summed E-state index contributed by atoms with van der Waals surface area (Å²) >= 11 is 0. The summed E-state index contributed by atoms with van der Waals surface area (Å²) in [5.74, 6) is 0.549. The van der Waals surface area contributed by atoms with E-state index in [1.54, 1.807) is 0 Å². The van der Waals surface area contributed by atoms with Crippen molar-refractivity contribution in [2.45, 2.75) is 32.9 Å². The van der Waals surface area contributed by atoms with Gasteiger partial charge in [-0.1, -0.05) is 35.5 Å². The van der Waals surface area contributed by atoms with Crippen LogP contribution in [0.3, 0.4) is 0 Å². The lowest BCUT2D eigenvalue weighted by Gasteiger charge is -2.12. The summed E-state index contributed by atoms with van der Waals surface area (Å²) in [4.78, 5) is 12.0. The molecule has 1 aromatic heterocycles. The molecule has 20 heavy (non-hydrogen) atoms. The fourth-order valence-electron chi connectivity index (χ4n) is 2.02. The number of benzene rings is 1. The van der Waals surface area contributed by atoms with Crippen LogP contribution in [-0.2, 0) is 17.8 Å². The predicted octanol–water partition coefficient (Wildman–Crippen LogP) is 1.48. The van der Waals surface area contributed by atoms with Crippen LogP contribution in [0.4, 0.5) is 0 Å². The van der Waals surface area contributed by atoms with Gasteiger partial charge in [-0.15, -0.1) is 0 Å². The minimum absolute atomic E-state index is 0.172. The van der Waals surface area contributed by atoms with Gasteiger partial charge in [0.05, 0.1) is 11.7 Å². The van der Waals surface area contributed by atoms with Crippen LogP contribution in [0.15, 0.2) is 34.9 Å². The maximum Gasteiger partial charge on any atom is 0.237 e. The zero-order chi connectivity index (χ0) is 14.5. The van der Waals surface area contributed by atoms with Gasteiger partial charge in [-0.2, -0.15) is 0 Å². The van der Waals surface area contributed by atoms with Gasteiger partial charge in [-0.25, -0.2) is 0 Å². The molecule has 0 aliphatic carbocycles. The third-order valence-electron chi connectivity index (χ3n) is 3.26. The van der Waals surface area contributed by atoms with Gasteiger partial charge in [-0.3, -0.25) is 4.79 Å². The molecule has 5 heteroatoms. The highest BCUT2D eigenvalue weighted by Crippen LogP contribution is 2.11. The van der Waals surface area contributed by atoms with Crippen LogP contribution in [0.5, 0.6) is 0 Å². The van der Waals surface area contributed by atoms with E-state index in [0.29, 0.717) is 13.0 Å². The van der Waals surface area contributed by atoms with Crippen molar-refractivity contribution in [3.63, 3.8) is 0 Å². The first-order valence-electron chi connectivity index (χ1n) is 6.57. The number of carbonyl (C=O) groups excluding carboxylic acids is 1. The summed E-state index contributed by atoms with van der Waals surface area (Å²) in [6.07, 6.45) is 0.522. The molecular weight excluding hydrogens is 254 g/mol. The molecule has 106 valence electrons. The van der Waals surface area contributed by atoms with Crippen molar-refractivity contribution in [3.05, 3.63) is 52.9 Å². The van der Waals surface area contributed by atoms with E-state index in [1.165, 1.54) is 0 Å². The van der Waals surface area contributed by atoms with Crippen molar-refractivity contribution in [2.75, 3.05) is 0 Å². The number of carbonyl (C=O) groups is 1. The first-order chi connectivity index (χ1) is 9.58. The van der Waals surface area contributed by atoms with Crippen LogP contribution >= 0.6 is 0 Å². The Balaban J connectivity index is 1.89. The molecule has 1 atom stereocenters. The second-order valence-corrected chi connectivity index (χ2v) is 4.82. The topological polar surface area (TPSA) is 81.2 Å². The Morgan fingerprint density at radius 1 is 1.35 bits per heavy atom. The summed E-state index contributed by atoms with van der Waals surface area (Å²) in [6, 6.07) is 9.17. The number of aryl methyl sites for hydroxylation is 2. The predicted molar refractivity (Wildman–Crippen MR) is 75.9 cm³/mol. The quantitative estimate of drug-likeness (QED) is 0.864. The highest BCUT2D eigenvalue weighted by molar-refractivity contribution is 5.81. The summed E-state index contributed by atoms with van der Waals surface area (Å²) in [5.41, 5.74) is 8.66. The molecule has 2 rings (SSSR count). The van der Waals surface area contributed by atoms with Crippen LogP contribution in [0.25, 0.3) is 0 Å². The summed E-state index contributed by atoms with van der Waals surface area (Å²) in [6.45, 7) is 4.07. The van der Waals surface area contributed by atoms with Crippen LogP contribution in [-0.4, -0.2) is 17.1 Å². The van der Waals surface area contributed by atoms with Crippen molar-refractivity contribution >= 4 is 5.91 Å². The Bertz CT molecular complexity index is 559. The molecule has 1 heterocycles. The van der Waals surface area contributed by atoms with Gasteiger partial charge >= 0.3 is 0 Å². The lowest BCUT2D eigenvalue weighted by Crippen LogP contribution is -2.41. The average Bonchev–Trinajstić information content (AvgIpc) is 2.76. The van der Waals surface area contributed by atoms with Crippen LogP contribution in [0, 0.1) is 13.8 Å². The van der Waals surface area contributed by atoms with Crippen molar-refractivity contribution in [1.82, 2.24) is 10.5 Å². The molecule has 5 nitrogen and oxygen atoms in total. The Morgan fingerprint density at radius 2 is 2.05 bits per heavy atom. The molecule has 0 bridgehead atoms. The molecule has 3 N–H and O–H groups in total. The monoisotopic (exact) mass is 273 g/mol. The zero-order valence-corrected chi connectivity index (χ0v) is 11.7. The SMILES string of the molecule is Cc1noc(C)c1CNC(=O)C(N)Cc1ccccc1. The van der Waals surface area contributed by atoms with Gasteiger partial charge in [0, 0.05) is 12.1 Å². The van der Waals surface area contributed by atoms with Gasteiger partial charge in [0.1, 0.15) is 5.76 Å². The maximum atomic E-state index is 12.0. The Kier molecular flexibility index (Phi) is 4.53. The van der Waals surface area contributed by atoms with E-state index in [-0.39, 0.29) is 5.91 Å². The fourth-order valence-corrected chi connectivity index (χ4v) is 2.02. The molecule has 0 radical (unpaired) electrons. The molecule has 0 spiro atoms. The van der Waals surface area contributed by atoms with Gasteiger partial charge in [0.15, 0.2) is 0 Å². The molecule has 1 unspecified atom stereocenters. The number of amides is 1. The second-order valence-electron chi connectivity index (χ2n) is 4.82. The Hall–Kier alpha value is -2.14. The number of aromatic nitrogens is 1. The van der Waals surface area contributed by atoms with Gasteiger partial charge < -0.3 is 15.6 Å². The number of nitrogens with two attached hydrogens (primary N) is 1. The normalized spacial score (nSPS) is 12.2. The lowest BCUT2D eigenvalue weighted by molar-refractivity contribution is -0.122. The van der Waals surface area contributed by atoms with Crippen LogP contribution in [0.1, 0.15) is 22.6 Å².